The lowest BCUT2D eigenvalue weighted by Crippen LogP contribution is -2.39. The number of pyridine rings is 1. The average Bonchev–Trinajstić information content (AvgIpc) is 2.38. The van der Waals surface area contributed by atoms with Crippen LogP contribution in [0.4, 0.5) is 5.82 Å². The molecule has 4 nitrogen and oxygen atoms in total. The highest BCUT2D eigenvalue weighted by Gasteiger charge is 2.37. The minimum atomic E-state index is -0.750. The highest BCUT2D eigenvalue weighted by molar-refractivity contribution is 5.43. The van der Waals surface area contributed by atoms with Crippen molar-refractivity contribution in [2.45, 2.75) is 52.2 Å². The van der Waals surface area contributed by atoms with Crippen LogP contribution in [0.1, 0.15) is 50.8 Å². The summed E-state index contributed by atoms with van der Waals surface area (Å²) in [6, 6.07) is 1.88. The van der Waals surface area contributed by atoms with Gasteiger partial charge in [0.1, 0.15) is 11.9 Å². The number of nitrogens with zero attached hydrogens (tertiary/aromatic N) is 1. The zero-order valence-corrected chi connectivity index (χ0v) is 11.7. The maximum absolute atomic E-state index is 10.6. The molecular weight excluding hydrogens is 228 g/mol. The molecule has 102 valence electrons. The van der Waals surface area contributed by atoms with Gasteiger partial charge in [-0.05, 0) is 38.3 Å². The summed E-state index contributed by atoms with van der Waals surface area (Å²) in [4.78, 5) is 4.10. The first-order valence-corrected chi connectivity index (χ1v) is 6.54. The van der Waals surface area contributed by atoms with Crippen molar-refractivity contribution < 1.29 is 9.84 Å². The van der Waals surface area contributed by atoms with Crippen LogP contribution in [-0.2, 0) is 4.74 Å². The maximum Gasteiger partial charge on any atom is 0.129 e. The van der Waals surface area contributed by atoms with E-state index in [0.29, 0.717) is 18.0 Å². The van der Waals surface area contributed by atoms with Gasteiger partial charge in [-0.15, -0.1) is 0 Å². The lowest BCUT2D eigenvalue weighted by molar-refractivity contribution is -0.127. The van der Waals surface area contributed by atoms with Gasteiger partial charge in [0.15, 0.2) is 0 Å². The number of hydrogen-bond donors (Lipinski definition) is 2. The summed E-state index contributed by atoms with van der Waals surface area (Å²) in [6.45, 7) is 8.47. The van der Waals surface area contributed by atoms with Crippen molar-refractivity contribution in [1.82, 2.24) is 4.98 Å². The highest BCUT2D eigenvalue weighted by atomic mass is 16.5. The Morgan fingerprint density at radius 2 is 2.00 bits per heavy atom. The summed E-state index contributed by atoms with van der Waals surface area (Å²) in [5, 5.41) is 10.6. The van der Waals surface area contributed by atoms with Gasteiger partial charge in [-0.25, -0.2) is 4.98 Å². The van der Waals surface area contributed by atoms with E-state index in [2.05, 4.69) is 4.98 Å². The average molecular weight is 252 g/mol. The number of nitrogen functional groups attached to an aromatic ring is 1. The molecular formula is C14H24N2O2. The van der Waals surface area contributed by atoms with Crippen LogP contribution < -0.4 is 5.73 Å². The van der Waals surface area contributed by atoms with Gasteiger partial charge in [0.05, 0.1) is 5.60 Å². The Hall–Kier alpha value is -1.13. The first-order chi connectivity index (χ1) is 8.50. The van der Waals surface area contributed by atoms with Gasteiger partial charge in [0.25, 0.3) is 0 Å². The van der Waals surface area contributed by atoms with E-state index < -0.39 is 11.7 Å². The van der Waals surface area contributed by atoms with Crippen molar-refractivity contribution in [2.24, 2.45) is 0 Å². The lowest BCUT2D eigenvalue weighted by Gasteiger charge is -2.36. The number of aryl methyl sites for hydroxylation is 1. The van der Waals surface area contributed by atoms with Crippen LogP contribution in [0.5, 0.6) is 0 Å². The minimum absolute atomic E-state index is 0.374. The Labute approximate surface area is 109 Å². The van der Waals surface area contributed by atoms with Gasteiger partial charge < -0.3 is 15.6 Å². The van der Waals surface area contributed by atoms with Crippen LogP contribution in [0, 0.1) is 6.92 Å². The van der Waals surface area contributed by atoms with Crippen molar-refractivity contribution >= 4 is 5.82 Å². The summed E-state index contributed by atoms with van der Waals surface area (Å²) in [7, 11) is 0. The first kappa shape index (κ1) is 14.9. The van der Waals surface area contributed by atoms with Crippen molar-refractivity contribution in [1.29, 1.82) is 0 Å². The molecule has 1 unspecified atom stereocenters. The van der Waals surface area contributed by atoms with E-state index in [-0.39, 0.29) is 0 Å². The Kier molecular flexibility index (Phi) is 5.11. The van der Waals surface area contributed by atoms with Crippen molar-refractivity contribution in [3.63, 3.8) is 0 Å². The number of aliphatic hydroxyl groups is 1. The second-order valence-corrected chi connectivity index (χ2v) is 4.59. The fourth-order valence-electron chi connectivity index (χ4n) is 2.31. The molecule has 0 bridgehead atoms. The number of aliphatic hydroxyl groups excluding tert-OH is 1. The zero-order valence-electron chi connectivity index (χ0n) is 11.7. The van der Waals surface area contributed by atoms with Gasteiger partial charge >= 0.3 is 0 Å². The van der Waals surface area contributed by atoms with Crippen LogP contribution in [0.25, 0.3) is 0 Å². The van der Waals surface area contributed by atoms with E-state index in [4.69, 9.17) is 10.5 Å². The van der Waals surface area contributed by atoms with E-state index in [1.807, 2.05) is 33.8 Å². The summed E-state index contributed by atoms with van der Waals surface area (Å²) >= 11 is 0. The number of nitrogens with two attached hydrogens (primary N) is 1. The van der Waals surface area contributed by atoms with Gasteiger partial charge in [-0.2, -0.15) is 0 Å². The molecule has 0 radical (unpaired) electrons. The minimum Gasteiger partial charge on any atom is -0.385 e. The molecule has 0 saturated carbocycles. The van der Waals surface area contributed by atoms with Gasteiger partial charge in [-0.3, -0.25) is 0 Å². The molecule has 0 aliphatic rings. The van der Waals surface area contributed by atoms with Gasteiger partial charge in [-0.1, -0.05) is 13.8 Å². The van der Waals surface area contributed by atoms with Gasteiger partial charge in [0.2, 0.25) is 0 Å². The second-order valence-electron chi connectivity index (χ2n) is 4.59. The Balaban J connectivity index is 3.16. The Morgan fingerprint density at radius 3 is 2.50 bits per heavy atom. The number of ether oxygens (including phenoxy) is 1. The fourth-order valence-corrected chi connectivity index (χ4v) is 2.31. The molecule has 0 aliphatic heterocycles. The quantitative estimate of drug-likeness (QED) is 0.816. The van der Waals surface area contributed by atoms with Crippen molar-refractivity contribution in [3.05, 3.63) is 23.4 Å². The SMILES string of the molecule is CCOC(CC)(CC)C(O)c1cc(C)cnc1N. The number of aromatic nitrogens is 1. The second kappa shape index (κ2) is 6.16. The molecule has 0 spiro atoms. The van der Waals surface area contributed by atoms with Crippen molar-refractivity contribution in [3.8, 4) is 0 Å². The lowest BCUT2D eigenvalue weighted by atomic mass is 9.86. The number of anilines is 1. The van der Waals surface area contributed by atoms with E-state index >= 15 is 0 Å². The summed E-state index contributed by atoms with van der Waals surface area (Å²) in [5.41, 5.74) is 6.92. The Bertz CT molecular complexity index is 389. The van der Waals surface area contributed by atoms with Crippen LogP contribution in [0.15, 0.2) is 12.3 Å². The van der Waals surface area contributed by atoms with Crippen LogP contribution >= 0.6 is 0 Å². The Morgan fingerprint density at radius 1 is 1.39 bits per heavy atom. The molecule has 1 heterocycles. The van der Waals surface area contributed by atoms with Crippen LogP contribution in [-0.4, -0.2) is 22.3 Å². The molecule has 3 N–H and O–H groups in total. The highest BCUT2D eigenvalue weighted by Crippen LogP contribution is 2.37. The summed E-state index contributed by atoms with van der Waals surface area (Å²) in [5.74, 6) is 0.374. The first-order valence-electron chi connectivity index (χ1n) is 6.54. The topological polar surface area (TPSA) is 68.4 Å². The summed E-state index contributed by atoms with van der Waals surface area (Å²) < 4.78 is 5.81. The molecule has 0 fully saturated rings. The van der Waals surface area contributed by atoms with E-state index in [0.717, 1.165) is 18.4 Å². The van der Waals surface area contributed by atoms with Gasteiger partial charge in [0, 0.05) is 18.4 Å². The third kappa shape index (κ3) is 2.82. The smallest absolute Gasteiger partial charge is 0.129 e. The number of hydrogen-bond acceptors (Lipinski definition) is 4. The molecule has 0 aromatic carbocycles. The molecule has 4 heteroatoms. The normalized spacial score (nSPS) is 13.6. The molecule has 1 rings (SSSR count). The predicted molar refractivity (Wildman–Crippen MR) is 73.3 cm³/mol. The van der Waals surface area contributed by atoms with Crippen LogP contribution in [0.2, 0.25) is 0 Å². The molecule has 0 amide bonds. The maximum atomic E-state index is 10.6. The number of rotatable bonds is 6. The third-order valence-corrected chi connectivity index (χ3v) is 3.51. The van der Waals surface area contributed by atoms with Crippen molar-refractivity contribution in [2.75, 3.05) is 12.3 Å². The summed E-state index contributed by atoms with van der Waals surface area (Å²) in [6.07, 6.45) is 2.41. The molecule has 18 heavy (non-hydrogen) atoms. The molecule has 0 aliphatic carbocycles. The predicted octanol–water partition coefficient (Wildman–Crippen LogP) is 2.60. The largest absolute Gasteiger partial charge is 0.385 e. The van der Waals surface area contributed by atoms with E-state index in [9.17, 15) is 5.11 Å². The molecule has 1 aromatic heterocycles. The molecule has 1 aromatic rings. The van der Waals surface area contributed by atoms with E-state index in [1.54, 1.807) is 6.20 Å². The standard InChI is InChI=1S/C14H24N2O2/c1-5-14(6-2,18-7-3)12(17)11-8-10(4)9-16-13(11)15/h8-9,12,17H,5-7H2,1-4H3,(H2,15,16). The van der Waals surface area contributed by atoms with Crippen LogP contribution in [0.3, 0.4) is 0 Å². The molecule has 1 atom stereocenters. The zero-order chi connectivity index (χ0) is 13.8. The fraction of sp³-hybridized carbons (Fsp3) is 0.643. The van der Waals surface area contributed by atoms with E-state index in [1.165, 1.54) is 0 Å². The third-order valence-electron chi connectivity index (χ3n) is 3.51. The monoisotopic (exact) mass is 252 g/mol. The molecule has 0 saturated heterocycles.